The number of hydrogen-bond acceptors (Lipinski definition) is 11. The van der Waals surface area contributed by atoms with E-state index in [1.54, 1.807) is 0 Å². The number of pyridine rings is 2. The maximum absolute atomic E-state index is 17.8. The van der Waals surface area contributed by atoms with E-state index in [-0.39, 0.29) is 117 Å². The van der Waals surface area contributed by atoms with Crippen molar-refractivity contribution >= 4 is 17.0 Å². The molecule has 4 saturated heterocycles. The highest BCUT2D eigenvalue weighted by molar-refractivity contribution is 5.92. The average Bonchev–Trinajstić information content (AvgIpc) is 4.06. The zero-order valence-corrected chi connectivity index (χ0v) is 35.1. The van der Waals surface area contributed by atoms with E-state index < -0.39 is 45.7 Å². The lowest BCUT2D eigenvalue weighted by Gasteiger charge is -2.44. The molecular formula is C45H59F3N10O3. The summed E-state index contributed by atoms with van der Waals surface area (Å²) >= 11 is 0. The lowest BCUT2D eigenvalue weighted by Crippen LogP contribution is -2.47. The number of nitrogens with one attached hydrogen (secondary N) is 4. The van der Waals surface area contributed by atoms with Crippen LogP contribution >= 0.6 is 0 Å². The number of aromatic nitrogens is 2. The second kappa shape index (κ2) is 13.1. The quantitative estimate of drug-likeness (QED) is 0.127. The lowest BCUT2D eigenvalue weighted by atomic mass is 9.62. The number of piperidine rings is 4. The molecule has 0 bridgehead atoms. The van der Waals surface area contributed by atoms with Crippen LogP contribution in [0.15, 0.2) is 35.3 Å². The van der Waals surface area contributed by atoms with E-state index in [2.05, 4.69) is 49.0 Å². The first-order valence-electron chi connectivity index (χ1n) is 22.4. The molecule has 11 rings (SSSR count). The van der Waals surface area contributed by atoms with E-state index in [0.29, 0.717) is 24.8 Å². The highest BCUT2D eigenvalue weighted by Crippen LogP contribution is 2.74. The molecule has 1 aromatic carbocycles. The van der Waals surface area contributed by atoms with Gasteiger partial charge in [0.2, 0.25) is 5.43 Å². The molecule has 0 spiro atoms. The molecule has 19 unspecified atom stereocenters. The molecule has 2 aromatic heterocycles. The minimum Gasteiger partial charge on any atom is -0.477 e. The Kier molecular flexibility index (Phi) is 8.63. The molecule has 13 nitrogen and oxygen atoms in total. The van der Waals surface area contributed by atoms with Crippen molar-refractivity contribution in [2.75, 3.05) is 26.2 Å². The third-order valence-electron chi connectivity index (χ3n) is 19.3. The molecule has 4 aliphatic carbocycles. The van der Waals surface area contributed by atoms with Crippen LogP contribution in [0.5, 0.6) is 0 Å². The van der Waals surface area contributed by atoms with Gasteiger partial charge in [-0.2, -0.15) is 0 Å². The Morgan fingerprint density at radius 2 is 1.34 bits per heavy atom. The summed E-state index contributed by atoms with van der Waals surface area (Å²) < 4.78 is 49.0. The van der Waals surface area contributed by atoms with E-state index >= 15 is 8.78 Å². The molecule has 19 atom stereocenters. The minimum atomic E-state index is -1.57. The molecule has 13 N–H and O–H groups in total. The van der Waals surface area contributed by atoms with E-state index in [4.69, 9.17) is 27.9 Å². The molecule has 3 aromatic rings. The number of nitrogens with two attached hydrogens (primary N) is 4. The molecule has 0 amide bonds. The Balaban J connectivity index is 1.15. The SMILES string of the molecule is CC1NCC2C(N)C12CC(CC(c1nc2c(cc1F)c(=O)c(C(=O)O)cn2-c1ccc(F)cc1F)C(CC12C(C)NCC1C2N)C12C(C)NCC1C2N)C12C(C)NCC1C2N. The van der Waals surface area contributed by atoms with Gasteiger partial charge < -0.3 is 49.3 Å². The van der Waals surface area contributed by atoms with Gasteiger partial charge in [0.05, 0.1) is 16.8 Å². The van der Waals surface area contributed by atoms with Crippen LogP contribution < -0.4 is 49.6 Å². The van der Waals surface area contributed by atoms with Gasteiger partial charge in [-0.25, -0.2) is 22.9 Å². The van der Waals surface area contributed by atoms with Gasteiger partial charge in [0.15, 0.2) is 0 Å². The van der Waals surface area contributed by atoms with Crippen molar-refractivity contribution in [3.05, 3.63) is 69.4 Å². The Labute approximate surface area is 352 Å². The molecule has 61 heavy (non-hydrogen) atoms. The highest BCUT2D eigenvalue weighted by Gasteiger charge is 2.79. The smallest absolute Gasteiger partial charge is 0.341 e. The summed E-state index contributed by atoms with van der Waals surface area (Å²) in [5, 5.41) is 24.6. The standard InChI is InChI=1S/C45H59F3N10O3/c1-17-42(27(12-53-17)36(42)49)10-21(44-19(3)55-14-29(44)38(44)51)7-23(26(45-20(4)56-15-30(45)39(45)52)11-43-18(2)54-13-28(43)37(43)50)34-32(48)9-24-35(59)25(41(60)61)16-58(40(24)57-34)33-6-5-22(46)8-31(33)47/h5-6,8-9,16-21,23,26-30,36-39,53-56H,7,10-15,49-52H2,1-4H3,(H,60,61). The fourth-order valence-electron chi connectivity index (χ4n) is 15.8. The van der Waals surface area contributed by atoms with Crippen molar-refractivity contribution in [3.8, 4) is 5.69 Å². The Hall–Kier alpha value is -3.48. The summed E-state index contributed by atoms with van der Waals surface area (Å²) in [6, 6.07) is 4.03. The first kappa shape index (κ1) is 40.3. The number of carboxylic acid groups (broad SMARTS) is 1. The Bertz CT molecular complexity index is 2420. The van der Waals surface area contributed by atoms with Crippen molar-refractivity contribution in [3.63, 3.8) is 0 Å². The average molecular weight is 845 g/mol. The number of benzene rings is 1. The molecule has 8 aliphatic rings. The van der Waals surface area contributed by atoms with Crippen LogP contribution in [0.1, 0.15) is 68.9 Å². The fourth-order valence-corrected chi connectivity index (χ4v) is 15.8. The summed E-state index contributed by atoms with van der Waals surface area (Å²) in [7, 11) is 0. The molecule has 328 valence electrons. The van der Waals surface area contributed by atoms with E-state index in [9.17, 15) is 19.1 Å². The fraction of sp³-hybridized carbons (Fsp3) is 0.667. The highest BCUT2D eigenvalue weighted by atomic mass is 19.1. The van der Waals surface area contributed by atoms with Gasteiger partial charge in [-0.1, -0.05) is 0 Å². The van der Waals surface area contributed by atoms with Gasteiger partial charge in [-0.3, -0.25) is 9.36 Å². The number of rotatable bonds is 12. The van der Waals surface area contributed by atoms with Crippen molar-refractivity contribution in [1.29, 1.82) is 0 Å². The maximum Gasteiger partial charge on any atom is 0.341 e. The normalized spacial score (nSPS) is 44.9. The number of aromatic carboxylic acids is 1. The number of carbonyl (C=O) groups is 1. The van der Waals surface area contributed by atoms with Crippen LogP contribution in [-0.4, -0.2) is 95.1 Å². The third-order valence-corrected chi connectivity index (χ3v) is 19.3. The zero-order chi connectivity index (χ0) is 43.0. The van der Waals surface area contributed by atoms with Gasteiger partial charge in [-0.15, -0.1) is 0 Å². The van der Waals surface area contributed by atoms with Crippen LogP contribution in [-0.2, 0) is 0 Å². The molecule has 4 saturated carbocycles. The number of hydrogen-bond donors (Lipinski definition) is 9. The van der Waals surface area contributed by atoms with Crippen molar-refractivity contribution in [2.24, 2.45) is 80.1 Å². The van der Waals surface area contributed by atoms with Crippen LogP contribution in [0.25, 0.3) is 16.7 Å². The number of fused-ring (bicyclic) bond motifs is 5. The minimum absolute atomic E-state index is 0.0128. The van der Waals surface area contributed by atoms with Gasteiger partial charge in [-0.05, 0) is 101 Å². The molecule has 0 radical (unpaired) electrons. The van der Waals surface area contributed by atoms with Crippen LogP contribution in [0.3, 0.4) is 0 Å². The zero-order valence-electron chi connectivity index (χ0n) is 35.1. The summed E-state index contributed by atoms with van der Waals surface area (Å²) in [5.74, 6) is -4.13. The summed E-state index contributed by atoms with van der Waals surface area (Å²) in [6.07, 6.45) is 2.95. The number of carboxylic acids is 1. The first-order valence-corrected chi connectivity index (χ1v) is 22.4. The van der Waals surface area contributed by atoms with Crippen LogP contribution in [0, 0.1) is 74.6 Å². The van der Waals surface area contributed by atoms with Gasteiger partial charge in [0, 0.05) is 114 Å². The second-order valence-corrected chi connectivity index (χ2v) is 20.7. The largest absolute Gasteiger partial charge is 0.477 e. The number of nitrogens with zero attached hydrogens (tertiary/aromatic N) is 2. The van der Waals surface area contributed by atoms with Crippen molar-refractivity contribution in [1.82, 2.24) is 30.8 Å². The third kappa shape index (κ3) is 4.99. The van der Waals surface area contributed by atoms with Gasteiger partial charge >= 0.3 is 5.97 Å². The Morgan fingerprint density at radius 1 is 0.787 bits per heavy atom. The molecule has 4 aliphatic heterocycles. The van der Waals surface area contributed by atoms with Gasteiger partial charge in [0.1, 0.15) is 28.7 Å². The maximum atomic E-state index is 17.8. The lowest BCUT2D eigenvalue weighted by molar-refractivity contribution is 0.0695. The molecule has 6 heterocycles. The second-order valence-electron chi connectivity index (χ2n) is 20.7. The van der Waals surface area contributed by atoms with Gasteiger partial charge in [0.25, 0.3) is 0 Å². The van der Waals surface area contributed by atoms with E-state index in [0.717, 1.165) is 61.6 Å². The Morgan fingerprint density at radius 3 is 1.87 bits per heavy atom. The van der Waals surface area contributed by atoms with Crippen molar-refractivity contribution < 1.29 is 23.1 Å². The van der Waals surface area contributed by atoms with E-state index in [1.165, 1.54) is 0 Å². The monoisotopic (exact) mass is 844 g/mol. The van der Waals surface area contributed by atoms with Crippen LogP contribution in [0.4, 0.5) is 13.2 Å². The predicted molar refractivity (Wildman–Crippen MR) is 223 cm³/mol. The molecule has 16 heteroatoms. The van der Waals surface area contributed by atoms with Crippen LogP contribution in [0.2, 0.25) is 0 Å². The molecular weight excluding hydrogens is 786 g/mol. The predicted octanol–water partition coefficient (Wildman–Crippen LogP) is 1.73. The summed E-state index contributed by atoms with van der Waals surface area (Å²) in [4.78, 5) is 31.4. The summed E-state index contributed by atoms with van der Waals surface area (Å²) in [6.45, 7) is 11.9. The summed E-state index contributed by atoms with van der Waals surface area (Å²) in [5.41, 5.74) is 25.4. The van der Waals surface area contributed by atoms with Crippen molar-refractivity contribution in [2.45, 2.75) is 101 Å². The van der Waals surface area contributed by atoms with E-state index in [1.807, 2.05) is 0 Å². The number of halogens is 3. The molecule has 8 fully saturated rings. The first-order chi connectivity index (χ1) is 29.0. The topological polar surface area (TPSA) is 224 Å².